The van der Waals surface area contributed by atoms with Gasteiger partial charge in [0.2, 0.25) is 4.90 Å². The van der Waals surface area contributed by atoms with Gasteiger partial charge in [-0.1, -0.05) is 42.5 Å². The van der Waals surface area contributed by atoms with Crippen LogP contribution in [0, 0.1) is 0 Å². The number of ether oxygens (including phenoxy) is 1. The second kappa shape index (κ2) is 6.68. The first-order valence-corrected chi connectivity index (χ1v) is 8.99. The molecule has 1 N–H and O–H groups in total. The number of aromatic nitrogens is 1. The Kier molecular flexibility index (Phi) is 4.22. The molecule has 0 amide bonds. The van der Waals surface area contributed by atoms with Crippen molar-refractivity contribution in [1.82, 2.24) is 4.98 Å². The van der Waals surface area contributed by atoms with Gasteiger partial charge in [0, 0.05) is 5.69 Å². The molecule has 0 aliphatic rings. The van der Waals surface area contributed by atoms with Crippen molar-refractivity contribution in [2.24, 2.45) is 0 Å². The summed E-state index contributed by atoms with van der Waals surface area (Å²) in [5.41, 5.74) is 2.15. The molecule has 1 atom stereocenters. The van der Waals surface area contributed by atoms with Gasteiger partial charge in [-0.15, -0.1) is 0 Å². The van der Waals surface area contributed by atoms with Gasteiger partial charge in [0.05, 0.1) is 11.4 Å². The van der Waals surface area contributed by atoms with E-state index in [2.05, 4.69) is 10.3 Å². The molecule has 4 rings (SSSR count). The van der Waals surface area contributed by atoms with Crippen molar-refractivity contribution in [2.75, 3.05) is 5.32 Å². The van der Waals surface area contributed by atoms with Gasteiger partial charge in [0.1, 0.15) is 11.6 Å². The summed E-state index contributed by atoms with van der Waals surface area (Å²) in [6.45, 7) is 1.73. The summed E-state index contributed by atoms with van der Waals surface area (Å²) in [5.74, 6) is -0.869. The van der Waals surface area contributed by atoms with E-state index >= 15 is 0 Å². The number of hydrogen-bond acceptors (Lipinski definition) is 7. The maximum atomic E-state index is 11.1. The molecule has 4 aromatic rings. The monoisotopic (exact) mass is 367 g/mol. The zero-order valence-corrected chi connectivity index (χ0v) is 14.7. The molecule has 0 bridgehead atoms. The SMILES string of the molecule is CCC(Oc1cccc2c1oc1sc(Nc3ccccc3)nc12)C(=O)[O-]. The van der Waals surface area contributed by atoms with Gasteiger partial charge in [0.25, 0.3) is 0 Å². The van der Waals surface area contributed by atoms with Crippen molar-refractivity contribution in [3.63, 3.8) is 0 Å². The zero-order chi connectivity index (χ0) is 18.1. The maximum Gasteiger partial charge on any atom is 0.211 e. The minimum atomic E-state index is -1.25. The third-order valence-electron chi connectivity index (χ3n) is 3.95. The Hall–Kier alpha value is -3.06. The first-order chi connectivity index (χ1) is 12.7. The van der Waals surface area contributed by atoms with E-state index in [1.165, 1.54) is 11.3 Å². The highest BCUT2D eigenvalue weighted by atomic mass is 32.1. The van der Waals surface area contributed by atoms with Crippen molar-refractivity contribution in [3.05, 3.63) is 48.5 Å². The smallest absolute Gasteiger partial charge is 0.211 e. The van der Waals surface area contributed by atoms with E-state index in [0.717, 1.165) is 21.7 Å². The number of nitrogens with one attached hydrogen (secondary N) is 1. The summed E-state index contributed by atoms with van der Waals surface area (Å²) in [6, 6.07) is 15.1. The summed E-state index contributed by atoms with van der Waals surface area (Å²) in [6.07, 6.45) is -0.719. The molecule has 0 spiro atoms. The number of thiazole rings is 1. The Balaban J connectivity index is 1.70. The van der Waals surface area contributed by atoms with Gasteiger partial charge in [-0.3, -0.25) is 0 Å². The predicted molar refractivity (Wildman–Crippen MR) is 98.8 cm³/mol. The lowest BCUT2D eigenvalue weighted by molar-refractivity contribution is -0.313. The van der Waals surface area contributed by atoms with Crippen molar-refractivity contribution in [1.29, 1.82) is 0 Å². The topological polar surface area (TPSA) is 87.4 Å². The molecule has 0 fully saturated rings. The zero-order valence-electron chi connectivity index (χ0n) is 13.9. The molecule has 0 aliphatic carbocycles. The number of para-hydroxylation sites is 2. The molecule has 26 heavy (non-hydrogen) atoms. The number of hydrogen-bond donors (Lipinski definition) is 1. The van der Waals surface area contributed by atoms with Crippen LogP contribution >= 0.6 is 11.3 Å². The second-order valence-corrected chi connectivity index (χ2v) is 6.68. The number of carboxylic acids is 1. The molecule has 0 aliphatic heterocycles. The van der Waals surface area contributed by atoms with Crippen LogP contribution in [0.1, 0.15) is 13.3 Å². The highest BCUT2D eigenvalue weighted by Crippen LogP contribution is 2.39. The van der Waals surface area contributed by atoms with Gasteiger partial charge in [0.15, 0.2) is 16.5 Å². The number of aliphatic carboxylic acids is 1. The molecule has 2 aromatic heterocycles. The van der Waals surface area contributed by atoms with E-state index in [4.69, 9.17) is 9.15 Å². The van der Waals surface area contributed by atoms with Crippen molar-refractivity contribution >= 4 is 49.5 Å². The first-order valence-electron chi connectivity index (χ1n) is 8.17. The Morgan fingerprint density at radius 1 is 1.27 bits per heavy atom. The first kappa shape index (κ1) is 16.4. The van der Waals surface area contributed by atoms with Crippen LogP contribution in [0.15, 0.2) is 52.9 Å². The summed E-state index contributed by atoms with van der Waals surface area (Å²) in [4.78, 5) is 16.4. The Labute approximate surface area is 153 Å². The van der Waals surface area contributed by atoms with Crippen LogP contribution in [-0.2, 0) is 4.79 Å². The maximum absolute atomic E-state index is 11.1. The fraction of sp³-hybridized carbons (Fsp3) is 0.158. The Morgan fingerprint density at radius 2 is 2.08 bits per heavy atom. The van der Waals surface area contributed by atoms with Gasteiger partial charge < -0.3 is 24.4 Å². The van der Waals surface area contributed by atoms with Crippen LogP contribution in [0.3, 0.4) is 0 Å². The Morgan fingerprint density at radius 3 is 2.81 bits per heavy atom. The standard InChI is InChI=1S/C19H16N2O4S/c1-2-13(17(22)23)24-14-10-6-9-12-15-18(25-16(12)14)26-19(21-15)20-11-7-4-3-5-8-11/h3-10,13H,2H2,1H3,(H,20,21)(H,22,23)/p-1. The third kappa shape index (κ3) is 2.97. The minimum absolute atomic E-state index is 0.303. The fourth-order valence-corrected chi connectivity index (χ4v) is 3.55. The molecular formula is C19H15N2O4S-. The van der Waals surface area contributed by atoms with E-state index in [0.29, 0.717) is 22.7 Å². The van der Waals surface area contributed by atoms with Crippen molar-refractivity contribution in [3.8, 4) is 5.75 Å². The summed E-state index contributed by atoms with van der Waals surface area (Å²) >= 11 is 1.38. The number of carboxylic acid groups (broad SMARTS) is 1. The average Bonchev–Trinajstić information content (AvgIpc) is 3.18. The van der Waals surface area contributed by atoms with Gasteiger partial charge in [-0.25, -0.2) is 4.98 Å². The fourth-order valence-electron chi connectivity index (χ4n) is 2.69. The van der Waals surface area contributed by atoms with Crippen LogP contribution in [0.5, 0.6) is 5.75 Å². The van der Waals surface area contributed by atoms with Crippen LogP contribution in [-0.4, -0.2) is 17.1 Å². The molecule has 0 saturated carbocycles. The summed E-state index contributed by atoms with van der Waals surface area (Å²) in [7, 11) is 0. The Bertz CT molecular complexity index is 1070. The predicted octanol–water partition coefficient (Wildman–Crippen LogP) is 3.69. The molecule has 132 valence electrons. The van der Waals surface area contributed by atoms with Crippen LogP contribution in [0.25, 0.3) is 21.4 Å². The molecular weight excluding hydrogens is 352 g/mol. The molecule has 0 saturated heterocycles. The average molecular weight is 367 g/mol. The van der Waals surface area contributed by atoms with Crippen LogP contribution in [0.4, 0.5) is 10.8 Å². The van der Waals surface area contributed by atoms with Gasteiger partial charge >= 0.3 is 0 Å². The number of rotatable bonds is 6. The number of anilines is 2. The third-order valence-corrected chi connectivity index (χ3v) is 4.80. The van der Waals surface area contributed by atoms with E-state index < -0.39 is 12.1 Å². The molecule has 1 unspecified atom stereocenters. The molecule has 6 nitrogen and oxygen atoms in total. The number of benzene rings is 2. The number of carbonyl (C=O) groups is 1. The van der Waals surface area contributed by atoms with Gasteiger partial charge in [-0.2, -0.15) is 0 Å². The number of carbonyl (C=O) groups excluding carboxylic acids is 1. The highest BCUT2D eigenvalue weighted by Gasteiger charge is 2.18. The van der Waals surface area contributed by atoms with Crippen molar-refractivity contribution < 1.29 is 19.1 Å². The van der Waals surface area contributed by atoms with Crippen LogP contribution < -0.4 is 15.2 Å². The van der Waals surface area contributed by atoms with Crippen molar-refractivity contribution in [2.45, 2.75) is 19.4 Å². The highest BCUT2D eigenvalue weighted by molar-refractivity contribution is 7.21. The number of furan rings is 1. The van der Waals surface area contributed by atoms with E-state index in [1.807, 2.05) is 36.4 Å². The molecule has 2 aromatic carbocycles. The van der Waals surface area contributed by atoms with E-state index in [-0.39, 0.29) is 0 Å². The minimum Gasteiger partial charge on any atom is -0.546 e. The van der Waals surface area contributed by atoms with Gasteiger partial charge in [-0.05, 0) is 30.7 Å². The second-order valence-electron chi connectivity index (χ2n) is 5.71. The lowest BCUT2D eigenvalue weighted by Gasteiger charge is -2.18. The quantitative estimate of drug-likeness (QED) is 0.559. The normalized spacial score (nSPS) is 12.3. The number of fused-ring (bicyclic) bond motifs is 3. The molecule has 0 radical (unpaired) electrons. The largest absolute Gasteiger partial charge is 0.546 e. The molecule has 7 heteroatoms. The number of nitrogens with zero attached hydrogens (tertiary/aromatic N) is 1. The summed E-state index contributed by atoms with van der Waals surface area (Å²) < 4.78 is 11.5. The lowest BCUT2D eigenvalue weighted by atomic mass is 10.2. The lowest BCUT2D eigenvalue weighted by Crippen LogP contribution is -2.39. The molecule has 2 heterocycles. The summed E-state index contributed by atoms with van der Waals surface area (Å²) in [5, 5.41) is 15.9. The van der Waals surface area contributed by atoms with E-state index in [9.17, 15) is 9.90 Å². The van der Waals surface area contributed by atoms with E-state index in [1.54, 1.807) is 19.1 Å². The van der Waals surface area contributed by atoms with Crippen LogP contribution in [0.2, 0.25) is 0 Å².